The van der Waals surface area contributed by atoms with Gasteiger partial charge in [0, 0.05) is 11.6 Å². The number of rotatable bonds is 0. The second kappa shape index (κ2) is 1.17. The minimum atomic E-state index is 0.190. The van der Waals surface area contributed by atoms with Gasteiger partial charge < -0.3 is 0 Å². The normalized spacial score (nSPS) is 13.6. The summed E-state index contributed by atoms with van der Waals surface area (Å²) in [6.07, 6.45) is 0.190. The molecule has 0 aromatic carbocycles. The van der Waals surface area contributed by atoms with Crippen molar-refractivity contribution in [3.63, 3.8) is 0 Å². The SMILES string of the molecule is [3H]c1csc([3H])n1. The number of hydrogen-bond donors (Lipinski definition) is 0. The van der Waals surface area contributed by atoms with E-state index in [4.69, 9.17) is 2.74 Å². The van der Waals surface area contributed by atoms with Crippen molar-refractivity contribution in [3.05, 3.63) is 17.0 Å². The summed E-state index contributed by atoms with van der Waals surface area (Å²) < 4.78 is 13.6. The van der Waals surface area contributed by atoms with E-state index in [2.05, 4.69) is 4.98 Å². The summed E-state index contributed by atoms with van der Waals surface area (Å²) in [5, 5.41) is 1.53. The fourth-order valence-electron chi connectivity index (χ4n) is 0.132. The van der Waals surface area contributed by atoms with Crippen molar-refractivity contribution in [3.8, 4) is 0 Å². The number of nitrogens with zero attached hydrogens (tertiary/aromatic N) is 1. The Morgan fingerprint density at radius 2 is 3.00 bits per heavy atom. The van der Waals surface area contributed by atoms with Crippen LogP contribution >= 0.6 is 11.3 Å². The molecule has 0 fully saturated rings. The second-order valence-corrected chi connectivity index (χ2v) is 1.22. The molecule has 1 rings (SSSR count). The lowest BCUT2D eigenvalue weighted by molar-refractivity contribution is 1.43. The van der Waals surface area contributed by atoms with Crippen LogP contribution in [-0.4, -0.2) is 4.98 Å². The molecule has 1 aromatic heterocycles. The predicted octanol–water partition coefficient (Wildman–Crippen LogP) is 1.14. The van der Waals surface area contributed by atoms with Crippen molar-refractivity contribution in [2.45, 2.75) is 0 Å². The predicted molar refractivity (Wildman–Crippen MR) is 22.1 cm³/mol. The highest BCUT2D eigenvalue weighted by atomic mass is 32.1. The Morgan fingerprint density at radius 1 is 2.00 bits per heavy atom. The van der Waals surface area contributed by atoms with Crippen LogP contribution in [0.15, 0.2) is 17.0 Å². The Kier molecular flexibility index (Phi) is 0.325. The van der Waals surface area contributed by atoms with Gasteiger partial charge in [-0.25, -0.2) is 0 Å². The molecule has 0 spiro atoms. The molecule has 0 N–H and O–H groups in total. The van der Waals surface area contributed by atoms with Crippen molar-refractivity contribution in [2.75, 3.05) is 0 Å². The summed E-state index contributed by atoms with van der Waals surface area (Å²) in [5.41, 5.74) is 0.213. The van der Waals surface area contributed by atoms with Gasteiger partial charge in [-0.15, -0.1) is 11.3 Å². The largest absolute Gasteiger partial charge is 0.253 e. The van der Waals surface area contributed by atoms with E-state index >= 15 is 0 Å². The topological polar surface area (TPSA) is 12.9 Å². The monoisotopic (exact) mass is 89.0 g/mol. The molecule has 1 nitrogen and oxygen atoms in total. The quantitative estimate of drug-likeness (QED) is 0.464. The summed E-state index contributed by atoms with van der Waals surface area (Å²) in [5.74, 6) is 0. The number of hydrogen-bond acceptors (Lipinski definition) is 2. The molecule has 0 aliphatic carbocycles. The minimum Gasteiger partial charge on any atom is -0.253 e. The van der Waals surface area contributed by atoms with Crippen LogP contribution in [0.2, 0.25) is 0 Å². The molecular formula is C3H3NS. The van der Waals surface area contributed by atoms with Gasteiger partial charge in [0.2, 0.25) is 0 Å². The first-order valence-electron chi connectivity index (χ1n) is 2.18. The van der Waals surface area contributed by atoms with Crippen LogP contribution in [-0.2, 0) is 0 Å². The lowest BCUT2D eigenvalue weighted by atomic mass is 11.0. The maximum atomic E-state index is 6.80. The lowest BCUT2D eigenvalue weighted by Gasteiger charge is -1.41. The van der Waals surface area contributed by atoms with E-state index in [0.717, 1.165) is 0 Å². The first-order chi connectivity index (χ1) is 3.29. The van der Waals surface area contributed by atoms with E-state index in [0.29, 0.717) is 0 Å². The third-order valence-corrected chi connectivity index (χ3v) is 0.694. The van der Waals surface area contributed by atoms with E-state index in [9.17, 15) is 0 Å². The Bertz CT molecular complexity index is 145. The highest BCUT2D eigenvalue weighted by Gasteiger charge is 1.59. The minimum absolute atomic E-state index is 0.190. The zero-order chi connectivity index (χ0) is 5.28. The van der Waals surface area contributed by atoms with Crippen LogP contribution in [0.1, 0.15) is 2.74 Å². The highest BCUT2D eigenvalue weighted by molar-refractivity contribution is 7.07. The molecule has 0 aliphatic rings. The van der Waals surface area contributed by atoms with Crippen LogP contribution in [0.3, 0.4) is 0 Å². The van der Waals surface area contributed by atoms with E-state index in [1.165, 1.54) is 16.7 Å². The zero-order valence-electron chi connectivity index (χ0n) is 4.43. The van der Waals surface area contributed by atoms with E-state index in [-0.39, 0.29) is 11.7 Å². The van der Waals surface area contributed by atoms with Gasteiger partial charge in [-0.2, -0.15) is 0 Å². The fourth-order valence-corrected chi connectivity index (χ4v) is 0.395. The standard InChI is InChI=1S/C3H3NS/c1-2-5-3-4-1/h1-3H/i1T,3T. The Hall–Kier alpha value is -0.370. The molecule has 1 heterocycles. The Labute approximate surface area is 37.1 Å². The maximum absolute atomic E-state index is 6.80. The molecular weight excluding hydrogens is 82.1 g/mol. The summed E-state index contributed by atoms with van der Waals surface area (Å²) in [7, 11) is 0. The molecule has 0 aliphatic heterocycles. The van der Waals surface area contributed by atoms with E-state index in [1.54, 1.807) is 0 Å². The van der Waals surface area contributed by atoms with Crippen LogP contribution < -0.4 is 0 Å². The van der Waals surface area contributed by atoms with Crippen LogP contribution in [0.4, 0.5) is 0 Å². The summed E-state index contributed by atoms with van der Waals surface area (Å²) >= 11 is 1.17. The van der Waals surface area contributed by atoms with Crippen molar-refractivity contribution in [1.29, 1.82) is 0 Å². The zero-order valence-corrected chi connectivity index (χ0v) is 3.25. The average molecular weight is 89.1 g/mol. The summed E-state index contributed by atoms with van der Waals surface area (Å²) in [4.78, 5) is 3.46. The Balaban J connectivity index is 3.04. The molecule has 0 amide bonds. The third kappa shape index (κ3) is 0.450. The maximum Gasteiger partial charge on any atom is 0.0960 e. The van der Waals surface area contributed by atoms with Crippen molar-refractivity contribution in [1.82, 2.24) is 4.98 Å². The molecule has 2 heteroatoms. The van der Waals surface area contributed by atoms with Gasteiger partial charge in [-0.05, 0) is 0 Å². The van der Waals surface area contributed by atoms with Crippen molar-refractivity contribution in [2.24, 2.45) is 0 Å². The van der Waals surface area contributed by atoms with Gasteiger partial charge in [0.25, 0.3) is 0 Å². The molecule has 0 atom stereocenters. The van der Waals surface area contributed by atoms with Gasteiger partial charge in [0.15, 0.2) is 0 Å². The molecule has 0 radical (unpaired) electrons. The average Bonchev–Trinajstić information content (AvgIpc) is 1.87. The first-order valence-corrected chi connectivity index (χ1v) is 2.06. The molecule has 5 heavy (non-hydrogen) atoms. The van der Waals surface area contributed by atoms with E-state index < -0.39 is 0 Å². The van der Waals surface area contributed by atoms with Gasteiger partial charge in [-0.3, -0.25) is 4.98 Å². The van der Waals surface area contributed by atoms with Crippen molar-refractivity contribution < 1.29 is 2.74 Å². The number of thiazole rings is 1. The van der Waals surface area contributed by atoms with Gasteiger partial charge in [0.05, 0.1) is 8.23 Å². The van der Waals surface area contributed by atoms with Gasteiger partial charge in [0.1, 0.15) is 0 Å². The van der Waals surface area contributed by atoms with Gasteiger partial charge >= 0.3 is 0 Å². The third-order valence-electron chi connectivity index (χ3n) is 0.275. The molecule has 0 bridgehead atoms. The van der Waals surface area contributed by atoms with Crippen molar-refractivity contribution >= 4 is 11.3 Å². The summed E-state index contributed by atoms with van der Waals surface area (Å²) in [6, 6.07) is 0. The van der Waals surface area contributed by atoms with Crippen LogP contribution in [0, 0.1) is 0 Å². The van der Waals surface area contributed by atoms with E-state index in [1.807, 2.05) is 0 Å². The lowest BCUT2D eigenvalue weighted by Crippen LogP contribution is -1.38. The van der Waals surface area contributed by atoms with Gasteiger partial charge in [-0.1, -0.05) is 0 Å². The smallest absolute Gasteiger partial charge is 0.0960 e. The first kappa shape index (κ1) is 1.39. The highest BCUT2D eigenvalue weighted by Crippen LogP contribution is 1.85. The molecule has 0 saturated carbocycles. The number of aromatic nitrogens is 1. The van der Waals surface area contributed by atoms with Crippen LogP contribution in [0.5, 0.6) is 0 Å². The Morgan fingerprint density at radius 3 is 3.20 bits per heavy atom. The molecule has 1 aromatic rings. The molecule has 26 valence electrons. The van der Waals surface area contributed by atoms with Crippen LogP contribution in [0.25, 0.3) is 0 Å². The fraction of sp³-hybridized carbons (Fsp3) is 0. The molecule has 0 saturated heterocycles. The summed E-state index contributed by atoms with van der Waals surface area (Å²) in [6.45, 7) is 0. The second-order valence-electron chi connectivity index (χ2n) is 0.568. The molecule has 0 unspecified atom stereocenters.